The lowest BCUT2D eigenvalue weighted by molar-refractivity contribution is 0.482. The number of hydrogen-bond donors (Lipinski definition) is 0. The van der Waals surface area contributed by atoms with Crippen molar-refractivity contribution in [1.82, 2.24) is 0 Å². The number of rotatable bonds is 5. The normalized spacial score (nSPS) is 10.4. The maximum atomic E-state index is 5.94. The second-order valence-corrected chi connectivity index (χ2v) is 6.97. The van der Waals surface area contributed by atoms with Crippen LogP contribution in [0.3, 0.4) is 0 Å². The van der Waals surface area contributed by atoms with E-state index in [0.717, 1.165) is 33.0 Å². The summed E-state index contributed by atoms with van der Waals surface area (Å²) in [5.41, 5.74) is 3.31. The Kier molecular flexibility index (Phi) is 5.22. The van der Waals surface area contributed by atoms with E-state index in [2.05, 4.69) is 81.5 Å². The molecule has 0 N–H and O–H groups in total. The molecule has 0 unspecified atom stereocenters. The van der Waals surface area contributed by atoms with Crippen molar-refractivity contribution in [1.29, 1.82) is 0 Å². The van der Waals surface area contributed by atoms with Gasteiger partial charge in [-0.05, 0) is 72.8 Å². The van der Waals surface area contributed by atoms with Gasteiger partial charge in [-0.15, -0.1) is 0 Å². The lowest BCUT2D eigenvalue weighted by atomic mass is 10.2. The molecule has 4 aromatic rings. The Bertz CT molecular complexity index is 944. The van der Waals surface area contributed by atoms with Crippen LogP contribution in [0.2, 0.25) is 0 Å². The Morgan fingerprint density at radius 1 is 0.481 bits per heavy atom. The number of para-hydroxylation sites is 2. The minimum absolute atomic E-state index is 0.808. The molecule has 0 atom stereocenters. The average molecular weight is 416 g/mol. The third-order valence-corrected chi connectivity index (χ3v) is 4.70. The molecule has 0 heterocycles. The van der Waals surface area contributed by atoms with Crippen LogP contribution in [0.25, 0.3) is 0 Å². The number of anilines is 3. The third-order valence-electron chi connectivity index (χ3n) is 4.17. The molecule has 0 spiro atoms. The number of hydrogen-bond acceptors (Lipinski definition) is 2. The van der Waals surface area contributed by atoms with E-state index in [-0.39, 0.29) is 0 Å². The molecule has 0 aromatic heterocycles. The summed E-state index contributed by atoms with van der Waals surface area (Å²) in [6.07, 6.45) is 0. The molecule has 4 aromatic carbocycles. The number of benzene rings is 4. The van der Waals surface area contributed by atoms with E-state index in [1.54, 1.807) is 0 Å². The van der Waals surface area contributed by atoms with Gasteiger partial charge in [-0.2, -0.15) is 0 Å². The first-order valence-corrected chi connectivity index (χ1v) is 9.53. The minimum atomic E-state index is 0.808. The fourth-order valence-corrected chi connectivity index (χ4v) is 3.17. The summed E-state index contributed by atoms with van der Waals surface area (Å²) >= 11 is 3.44. The van der Waals surface area contributed by atoms with Crippen LogP contribution in [0.4, 0.5) is 17.1 Å². The van der Waals surface area contributed by atoms with E-state index >= 15 is 0 Å². The van der Waals surface area contributed by atoms with E-state index < -0.39 is 0 Å². The summed E-state index contributed by atoms with van der Waals surface area (Å²) < 4.78 is 6.97. The minimum Gasteiger partial charge on any atom is -0.457 e. The van der Waals surface area contributed by atoms with Crippen LogP contribution in [0.5, 0.6) is 11.5 Å². The first-order valence-electron chi connectivity index (χ1n) is 8.73. The van der Waals surface area contributed by atoms with Gasteiger partial charge < -0.3 is 9.64 Å². The zero-order valence-corrected chi connectivity index (χ0v) is 16.2. The monoisotopic (exact) mass is 415 g/mol. The zero-order chi connectivity index (χ0) is 18.5. The molecule has 0 bridgehead atoms. The summed E-state index contributed by atoms with van der Waals surface area (Å²) in [6, 6.07) is 36.7. The van der Waals surface area contributed by atoms with Crippen molar-refractivity contribution in [2.45, 2.75) is 0 Å². The van der Waals surface area contributed by atoms with E-state index in [0.29, 0.717) is 0 Å². The molecule has 4 rings (SSSR count). The highest BCUT2D eigenvalue weighted by Crippen LogP contribution is 2.35. The highest BCUT2D eigenvalue weighted by atomic mass is 79.9. The molecular formula is C24H18BrNO. The fourth-order valence-electron chi connectivity index (χ4n) is 2.90. The van der Waals surface area contributed by atoms with Gasteiger partial charge in [0.05, 0.1) is 0 Å². The Hall–Kier alpha value is -3.04. The van der Waals surface area contributed by atoms with Crippen molar-refractivity contribution in [3.8, 4) is 11.5 Å². The molecule has 0 saturated carbocycles. The van der Waals surface area contributed by atoms with Crippen LogP contribution in [0.1, 0.15) is 0 Å². The molecule has 2 nitrogen and oxygen atoms in total. The van der Waals surface area contributed by atoms with Crippen molar-refractivity contribution in [2.75, 3.05) is 4.90 Å². The van der Waals surface area contributed by atoms with E-state index in [1.807, 2.05) is 48.5 Å². The van der Waals surface area contributed by atoms with Crippen molar-refractivity contribution in [3.63, 3.8) is 0 Å². The fraction of sp³-hybridized carbons (Fsp3) is 0. The predicted molar refractivity (Wildman–Crippen MR) is 115 cm³/mol. The van der Waals surface area contributed by atoms with E-state index in [9.17, 15) is 0 Å². The number of halogens is 1. The summed E-state index contributed by atoms with van der Waals surface area (Å²) in [6.45, 7) is 0. The molecule has 27 heavy (non-hydrogen) atoms. The molecule has 0 fully saturated rings. The average Bonchev–Trinajstić information content (AvgIpc) is 2.73. The van der Waals surface area contributed by atoms with Gasteiger partial charge in [-0.3, -0.25) is 0 Å². The SMILES string of the molecule is Brc1ccc(Oc2ccc(N(c3ccccc3)c3ccccc3)cc2)cc1. The molecule has 0 saturated heterocycles. The van der Waals surface area contributed by atoms with Gasteiger partial charge in [0.1, 0.15) is 11.5 Å². The highest BCUT2D eigenvalue weighted by molar-refractivity contribution is 9.10. The Labute approximate surface area is 167 Å². The van der Waals surface area contributed by atoms with Gasteiger partial charge in [-0.1, -0.05) is 52.3 Å². The number of ether oxygens (including phenoxy) is 1. The topological polar surface area (TPSA) is 12.5 Å². The van der Waals surface area contributed by atoms with Gasteiger partial charge in [0, 0.05) is 21.5 Å². The third kappa shape index (κ3) is 4.21. The summed E-state index contributed by atoms with van der Waals surface area (Å²) in [4.78, 5) is 2.23. The zero-order valence-electron chi connectivity index (χ0n) is 14.6. The van der Waals surface area contributed by atoms with E-state index in [1.165, 1.54) is 0 Å². The molecule has 0 amide bonds. The van der Waals surface area contributed by atoms with Crippen LogP contribution in [0, 0.1) is 0 Å². The molecule has 132 valence electrons. The van der Waals surface area contributed by atoms with Crippen LogP contribution < -0.4 is 9.64 Å². The standard InChI is InChI=1S/C24H18BrNO/c25-19-11-15-23(16-12-19)27-24-17-13-22(14-18-24)26(20-7-3-1-4-8-20)21-9-5-2-6-10-21/h1-18H. The van der Waals surface area contributed by atoms with Gasteiger partial charge in [0.25, 0.3) is 0 Å². The van der Waals surface area contributed by atoms with Crippen LogP contribution in [-0.4, -0.2) is 0 Å². The van der Waals surface area contributed by atoms with Crippen molar-refractivity contribution >= 4 is 33.0 Å². The molecule has 0 aliphatic carbocycles. The second kappa shape index (κ2) is 8.11. The first kappa shape index (κ1) is 17.4. The van der Waals surface area contributed by atoms with Crippen LogP contribution >= 0.6 is 15.9 Å². The maximum Gasteiger partial charge on any atom is 0.127 e. The van der Waals surface area contributed by atoms with E-state index in [4.69, 9.17) is 4.74 Å². The Morgan fingerprint density at radius 2 is 0.889 bits per heavy atom. The lowest BCUT2D eigenvalue weighted by Gasteiger charge is -2.25. The second-order valence-electron chi connectivity index (χ2n) is 6.06. The maximum absolute atomic E-state index is 5.94. The van der Waals surface area contributed by atoms with Crippen molar-refractivity contribution in [3.05, 3.63) is 114 Å². The summed E-state index contributed by atoms with van der Waals surface area (Å²) in [5.74, 6) is 1.62. The lowest BCUT2D eigenvalue weighted by Crippen LogP contribution is -2.09. The predicted octanol–water partition coefficient (Wildman–Crippen LogP) is 7.71. The van der Waals surface area contributed by atoms with Crippen LogP contribution in [0.15, 0.2) is 114 Å². The Balaban J connectivity index is 1.64. The largest absolute Gasteiger partial charge is 0.457 e. The summed E-state index contributed by atoms with van der Waals surface area (Å²) in [7, 11) is 0. The smallest absolute Gasteiger partial charge is 0.127 e. The molecule has 0 aliphatic rings. The van der Waals surface area contributed by atoms with Crippen LogP contribution in [-0.2, 0) is 0 Å². The van der Waals surface area contributed by atoms with Crippen molar-refractivity contribution in [2.24, 2.45) is 0 Å². The molecule has 0 aliphatic heterocycles. The van der Waals surface area contributed by atoms with Gasteiger partial charge in [0.15, 0.2) is 0 Å². The molecular weight excluding hydrogens is 398 g/mol. The summed E-state index contributed by atoms with van der Waals surface area (Å²) in [5, 5.41) is 0. The Morgan fingerprint density at radius 3 is 1.37 bits per heavy atom. The van der Waals surface area contributed by atoms with Gasteiger partial charge in [0.2, 0.25) is 0 Å². The highest BCUT2D eigenvalue weighted by Gasteiger charge is 2.11. The van der Waals surface area contributed by atoms with Gasteiger partial charge in [-0.25, -0.2) is 0 Å². The van der Waals surface area contributed by atoms with Gasteiger partial charge >= 0.3 is 0 Å². The van der Waals surface area contributed by atoms with Crippen molar-refractivity contribution < 1.29 is 4.74 Å². The number of nitrogens with zero attached hydrogens (tertiary/aromatic N) is 1. The first-order chi connectivity index (χ1) is 13.3. The quantitative estimate of drug-likeness (QED) is 0.330. The molecule has 3 heteroatoms. The molecule has 0 radical (unpaired) electrons.